The normalized spacial score (nSPS) is 10.5. The summed E-state index contributed by atoms with van der Waals surface area (Å²) in [6.45, 7) is 0.430. The molecule has 31 heavy (non-hydrogen) atoms. The van der Waals surface area contributed by atoms with Gasteiger partial charge in [-0.15, -0.1) is 0 Å². The van der Waals surface area contributed by atoms with Crippen LogP contribution in [0.15, 0.2) is 78.9 Å². The van der Waals surface area contributed by atoms with E-state index in [0.717, 1.165) is 11.1 Å². The van der Waals surface area contributed by atoms with Crippen molar-refractivity contribution in [2.24, 2.45) is 0 Å². The lowest BCUT2D eigenvalue weighted by atomic mass is 10.1. The van der Waals surface area contributed by atoms with Gasteiger partial charge in [0, 0.05) is 11.8 Å². The van der Waals surface area contributed by atoms with Gasteiger partial charge in [-0.25, -0.2) is 4.79 Å². The maximum atomic E-state index is 12.2. The van der Waals surface area contributed by atoms with Gasteiger partial charge < -0.3 is 19.5 Å². The van der Waals surface area contributed by atoms with E-state index in [1.54, 1.807) is 49.6 Å². The van der Waals surface area contributed by atoms with Crippen LogP contribution in [0, 0.1) is 0 Å². The molecule has 0 bridgehead atoms. The quantitative estimate of drug-likeness (QED) is 0.424. The molecule has 6 heteroatoms. The van der Waals surface area contributed by atoms with E-state index in [1.807, 2.05) is 36.4 Å². The van der Waals surface area contributed by atoms with Crippen molar-refractivity contribution in [3.63, 3.8) is 0 Å². The monoisotopic (exact) mass is 417 g/mol. The average molecular weight is 417 g/mol. The molecule has 0 aliphatic carbocycles. The summed E-state index contributed by atoms with van der Waals surface area (Å²) in [7, 11) is 2.88. The van der Waals surface area contributed by atoms with E-state index in [1.165, 1.54) is 13.2 Å². The van der Waals surface area contributed by atoms with E-state index < -0.39 is 5.97 Å². The summed E-state index contributed by atoms with van der Waals surface area (Å²) in [4.78, 5) is 23.9. The molecule has 6 nitrogen and oxygen atoms in total. The van der Waals surface area contributed by atoms with Crippen LogP contribution in [-0.4, -0.2) is 26.1 Å². The standard InChI is InChI=1S/C25H23NO5/c1-29-23-15-18(11-13-22(23)31-17-19-7-4-3-5-8-19)12-14-24(27)26-21-10-6-9-20(16-21)25(28)30-2/h3-16H,17H2,1-2H3,(H,26,27). The van der Waals surface area contributed by atoms with Crippen molar-refractivity contribution in [2.75, 3.05) is 19.5 Å². The number of esters is 1. The minimum atomic E-state index is -0.465. The van der Waals surface area contributed by atoms with E-state index in [2.05, 4.69) is 10.1 Å². The Labute approximate surface area is 181 Å². The molecular weight excluding hydrogens is 394 g/mol. The number of carbonyl (C=O) groups is 2. The van der Waals surface area contributed by atoms with Crippen LogP contribution in [0.3, 0.4) is 0 Å². The Kier molecular flexibility index (Phi) is 7.43. The Bertz CT molecular complexity index is 1080. The second kappa shape index (κ2) is 10.6. The molecule has 0 atom stereocenters. The lowest BCUT2D eigenvalue weighted by Gasteiger charge is -2.11. The molecule has 0 aliphatic heterocycles. The maximum Gasteiger partial charge on any atom is 0.337 e. The SMILES string of the molecule is COC(=O)c1cccc(NC(=O)C=Cc2ccc(OCc3ccccc3)c(OC)c2)c1. The van der Waals surface area contributed by atoms with Crippen LogP contribution in [0.25, 0.3) is 6.08 Å². The Morgan fingerprint density at radius 3 is 2.45 bits per heavy atom. The topological polar surface area (TPSA) is 73.9 Å². The highest BCUT2D eigenvalue weighted by Gasteiger charge is 2.08. The third-order valence-corrected chi connectivity index (χ3v) is 4.40. The van der Waals surface area contributed by atoms with Crippen LogP contribution in [0.1, 0.15) is 21.5 Å². The summed E-state index contributed by atoms with van der Waals surface area (Å²) >= 11 is 0. The Balaban J connectivity index is 1.63. The highest BCUT2D eigenvalue weighted by atomic mass is 16.5. The molecule has 0 radical (unpaired) electrons. The molecule has 0 saturated heterocycles. The van der Waals surface area contributed by atoms with Crippen LogP contribution in [0.5, 0.6) is 11.5 Å². The molecule has 3 rings (SSSR count). The second-order valence-electron chi connectivity index (χ2n) is 6.58. The first-order valence-corrected chi connectivity index (χ1v) is 9.61. The van der Waals surface area contributed by atoms with Gasteiger partial charge in [0.15, 0.2) is 11.5 Å². The van der Waals surface area contributed by atoms with E-state index >= 15 is 0 Å². The fraction of sp³-hybridized carbons (Fsp3) is 0.120. The van der Waals surface area contributed by atoms with Gasteiger partial charge in [-0.2, -0.15) is 0 Å². The zero-order valence-electron chi connectivity index (χ0n) is 17.3. The first kappa shape index (κ1) is 21.6. The van der Waals surface area contributed by atoms with Crippen molar-refractivity contribution in [3.05, 3.63) is 95.6 Å². The summed E-state index contributed by atoms with van der Waals surface area (Å²) < 4.78 is 16.0. The highest BCUT2D eigenvalue weighted by Crippen LogP contribution is 2.29. The molecule has 158 valence electrons. The average Bonchev–Trinajstić information content (AvgIpc) is 2.82. The summed E-state index contributed by atoms with van der Waals surface area (Å²) in [6, 6.07) is 21.8. The van der Waals surface area contributed by atoms with Gasteiger partial charge >= 0.3 is 5.97 Å². The minimum Gasteiger partial charge on any atom is -0.493 e. The number of benzene rings is 3. The van der Waals surface area contributed by atoms with Crippen LogP contribution >= 0.6 is 0 Å². The Morgan fingerprint density at radius 2 is 1.71 bits per heavy atom. The summed E-state index contributed by atoms with van der Waals surface area (Å²) in [5.41, 5.74) is 2.70. The number of amides is 1. The number of nitrogens with one attached hydrogen (secondary N) is 1. The molecular formula is C25H23NO5. The largest absolute Gasteiger partial charge is 0.493 e. The van der Waals surface area contributed by atoms with E-state index in [0.29, 0.717) is 29.4 Å². The van der Waals surface area contributed by atoms with E-state index in [-0.39, 0.29) is 5.91 Å². The lowest BCUT2D eigenvalue weighted by Crippen LogP contribution is -2.09. The Hall–Kier alpha value is -4.06. The number of hydrogen-bond donors (Lipinski definition) is 1. The van der Waals surface area contributed by atoms with Crippen molar-refractivity contribution >= 4 is 23.6 Å². The summed E-state index contributed by atoms with van der Waals surface area (Å²) in [5.74, 6) is 0.399. The molecule has 0 spiro atoms. The van der Waals surface area contributed by atoms with Crippen LogP contribution < -0.4 is 14.8 Å². The molecule has 0 saturated carbocycles. The smallest absolute Gasteiger partial charge is 0.337 e. The molecule has 3 aromatic carbocycles. The number of carbonyl (C=O) groups excluding carboxylic acids is 2. The Morgan fingerprint density at radius 1 is 0.903 bits per heavy atom. The van der Waals surface area contributed by atoms with Crippen molar-refractivity contribution < 1.29 is 23.8 Å². The molecule has 0 aliphatic rings. The van der Waals surface area contributed by atoms with Crippen LogP contribution in [0.4, 0.5) is 5.69 Å². The zero-order chi connectivity index (χ0) is 22.1. The number of anilines is 1. The lowest BCUT2D eigenvalue weighted by molar-refractivity contribution is -0.111. The minimum absolute atomic E-state index is 0.328. The van der Waals surface area contributed by atoms with Gasteiger partial charge in [0.05, 0.1) is 19.8 Å². The second-order valence-corrected chi connectivity index (χ2v) is 6.58. The number of hydrogen-bond acceptors (Lipinski definition) is 5. The third kappa shape index (κ3) is 6.21. The van der Waals surface area contributed by atoms with Crippen molar-refractivity contribution in [3.8, 4) is 11.5 Å². The molecule has 0 unspecified atom stereocenters. The molecule has 0 heterocycles. The van der Waals surface area contributed by atoms with Gasteiger partial charge in [-0.05, 0) is 47.5 Å². The van der Waals surface area contributed by atoms with E-state index in [4.69, 9.17) is 9.47 Å². The number of ether oxygens (including phenoxy) is 3. The maximum absolute atomic E-state index is 12.2. The summed E-state index contributed by atoms with van der Waals surface area (Å²) in [5, 5.41) is 2.72. The first-order valence-electron chi connectivity index (χ1n) is 9.61. The van der Waals surface area contributed by atoms with E-state index in [9.17, 15) is 9.59 Å². The first-order chi connectivity index (χ1) is 15.1. The van der Waals surface area contributed by atoms with Crippen LogP contribution in [-0.2, 0) is 16.1 Å². The van der Waals surface area contributed by atoms with Crippen LogP contribution in [0.2, 0.25) is 0 Å². The molecule has 3 aromatic rings. The molecule has 0 aromatic heterocycles. The van der Waals surface area contributed by atoms with Crippen molar-refractivity contribution in [1.29, 1.82) is 0 Å². The molecule has 1 amide bonds. The van der Waals surface area contributed by atoms with Gasteiger partial charge in [0.25, 0.3) is 0 Å². The van der Waals surface area contributed by atoms with Gasteiger partial charge in [-0.3, -0.25) is 4.79 Å². The van der Waals surface area contributed by atoms with Crippen molar-refractivity contribution in [1.82, 2.24) is 0 Å². The molecule has 1 N–H and O–H groups in total. The predicted octanol–water partition coefficient (Wildman–Crippen LogP) is 4.71. The predicted molar refractivity (Wildman–Crippen MR) is 119 cm³/mol. The van der Waals surface area contributed by atoms with Gasteiger partial charge in [0.1, 0.15) is 6.61 Å². The fourth-order valence-corrected chi connectivity index (χ4v) is 2.84. The van der Waals surface area contributed by atoms with Gasteiger partial charge in [-0.1, -0.05) is 42.5 Å². The third-order valence-electron chi connectivity index (χ3n) is 4.40. The van der Waals surface area contributed by atoms with Crippen molar-refractivity contribution in [2.45, 2.75) is 6.61 Å². The number of rotatable bonds is 8. The zero-order valence-corrected chi connectivity index (χ0v) is 17.3. The summed E-state index contributed by atoms with van der Waals surface area (Å²) in [6.07, 6.45) is 3.08. The highest BCUT2D eigenvalue weighted by molar-refractivity contribution is 6.02. The van der Waals surface area contributed by atoms with Gasteiger partial charge in [0.2, 0.25) is 5.91 Å². The number of methoxy groups -OCH3 is 2. The fourth-order valence-electron chi connectivity index (χ4n) is 2.84. The molecule has 0 fully saturated rings.